The fourth-order valence-electron chi connectivity index (χ4n) is 2.27. The van der Waals surface area contributed by atoms with Gasteiger partial charge >= 0.3 is 0 Å². The minimum Gasteiger partial charge on any atom is -0.484 e. The molecule has 0 radical (unpaired) electrons. The van der Waals surface area contributed by atoms with Crippen LogP contribution in [0.5, 0.6) is 5.75 Å². The number of nitrogens with zero attached hydrogens (tertiary/aromatic N) is 1. The first-order chi connectivity index (χ1) is 9.56. The first-order valence-corrected chi connectivity index (χ1v) is 7.54. The molecule has 0 saturated carbocycles. The van der Waals surface area contributed by atoms with Gasteiger partial charge in [0.2, 0.25) is 0 Å². The zero-order valence-electron chi connectivity index (χ0n) is 12.0. The molecule has 1 heterocycles. The molecular weight excluding hydrogens is 273 g/mol. The van der Waals surface area contributed by atoms with Crippen molar-refractivity contribution in [3.8, 4) is 5.75 Å². The summed E-state index contributed by atoms with van der Waals surface area (Å²) in [5, 5.41) is 2.04. The van der Waals surface area contributed by atoms with E-state index in [2.05, 4.69) is 17.9 Å². The predicted molar refractivity (Wildman–Crippen MR) is 81.8 cm³/mol. The molecule has 0 aliphatic carbocycles. The first-order valence-electron chi connectivity index (χ1n) is 6.66. The Labute approximate surface area is 123 Å². The van der Waals surface area contributed by atoms with E-state index < -0.39 is 0 Å². The second kappa shape index (κ2) is 6.86. The maximum atomic E-state index is 13.3. The molecule has 0 saturated heterocycles. The first kappa shape index (κ1) is 15.0. The highest BCUT2D eigenvalue weighted by Crippen LogP contribution is 2.31. The number of benzene rings is 1. The molecule has 2 rings (SSSR count). The molecule has 1 aromatic heterocycles. The van der Waals surface area contributed by atoms with E-state index in [4.69, 9.17) is 4.74 Å². The molecule has 2 atom stereocenters. The minimum atomic E-state index is -0.271. The van der Waals surface area contributed by atoms with Crippen LogP contribution in [0.2, 0.25) is 0 Å². The zero-order valence-corrected chi connectivity index (χ0v) is 12.9. The maximum Gasteiger partial charge on any atom is 0.137 e. The lowest BCUT2D eigenvalue weighted by Gasteiger charge is -2.26. The Morgan fingerprint density at radius 2 is 2.05 bits per heavy atom. The van der Waals surface area contributed by atoms with Crippen molar-refractivity contribution in [2.45, 2.75) is 13.0 Å². The average Bonchev–Trinajstić information content (AvgIpc) is 2.88. The molecule has 108 valence electrons. The summed E-state index contributed by atoms with van der Waals surface area (Å²) < 4.78 is 19.3. The van der Waals surface area contributed by atoms with Crippen LogP contribution in [-0.2, 0) is 0 Å². The second-order valence-corrected chi connectivity index (χ2v) is 6.23. The predicted octanol–water partition coefficient (Wildman–Crippen LogP) is 4.21. The number of hydrogen-bond donors (Lipinski definition) is 0. The highest BCUT2D eigenvalue weighted by atomic mass is 32.1. The van der Waals surface area contributed by atoms with Gasteiger partial charge in [-0.25, -0.2) is 4.39 Å². The third-order valence-corrected chi connectivity index (χ3v) is 3.99. The van der Waals surface area contributed by atoms with Gasteiger partial charge in [0.1, 0.15) is 17.7 Å². The molecule has 0 aliphatic rings. The highest BCUT2D eigenvalue weighted by Gasteiger charge is 2.23. The molecule has 2 unspecified atom stereocenters. The molecular formula is C16H20FNOS. The van der Waals surface area contributed by atoms with Gasteiger partial charge in [-0.1, -0.05) is 19.1 Å². The molecule has 0 bridgehead atoms. The molecule has 2 nitrogen and oxygen atoms in total. The molecule has 0 N–H and O–H groups in total. The van der Waals surface area contributed by atoms with Gasteiger partial charge in [-0.15, -0.1) is 11.3 Å². The number of thiophene rings is 1. The Balaban J connectivity index is 2.19. The summed E-state index contributed by atoms with van der Waals surface area (Å²) in [6, 6.07) is 10.4. The summed E-state index contributed by atoms with van der Waals surface area (Å²) in [6.45, 7) is 3.07. The van der Waals surface area contributed by atoms with Crippen molar-refractivity contribution in [2.75, 3.05) is 20.6 Å². The van der Waals surface area contributed by atoms with E-state index >= 15 is 0 Å². The van der Waals surface area contributed by atoms with Gasteiger partial charge in [-0.3, -0.25) is 0 Å². The van der Waals surface area contributed by atoms with Crippen molar-refractivity contribution in [3.05, 3.63) is 52.5 Å². The van der Waals surface area contributed by atoms with E-state index in [9.17, 15) is 4.39 Å². The van der Waals surface area contributed by atoms with Crippen molar-refractivity contribution in [2.24, 2.45) is 5.92 Å². The van der Waals surface area contributed by atoms with Crippen molar-refractivity contribution >= 4 is 11.3 Å². The summed E-state index contributed by atoms with van der Waals surface area (Å²) in [6.07, 6.45) is -0.0563. The Kier molecular flexibility index (Phi) is 5.15. The van der Waals surface area contributed by atoms with Gasteiger partial charge < -0.3 is 9.64 Å². The average molecular weight is 293 g/mol. The van der Waals surface area contributed by atoms with E-state index in [0.29, 0.717) is 11.7 Å². The topological polar surface area (TPSA) is 12.5 Å². The van der Waals surface area contributed by atoms with Crippen LogP contribution in [0.4, 0.5) is 4.39 Å². The summed E-state index contributed by atoms with van der Waals surface area (Å²) in [7, 11) is 4.09. The molecule has 2 aromatic rings. The van der Waals surface area contributed by atoms with Crippen LogP contribution in [0.3, 0.4) is 0 Å². The van der Waals surface area contributed by atoms with Gasteiger partial charge in [0.15, 0.2) is 0 Å². The summed E-state index contributed by atoms with van der Waals surface area (Å²) in [5.41, 5.74) is 0. The fraction of sp³-hybridized carbons (Fsp3) is 0.375. The molecule has 0 aliphatic heterocycles. The highest BCUT2D eigenvalue weighted by molar-refractivity contribution is 7.10. The summed E-state index contributed by atoms with van der Waals surface area (Å²) in [4.78, 5) is 3.31. The monoisotopic (exact) mass is 293 g/mol. The maximum absolute atomic E-state index is 13.3. The third-order valence-electron chi connectivity index (χ3n) is 3.05. The van der Waals surface area contributed by atoms with Crippen molar-refractivity contribution in [1.82, 2.24) is 4.90 Å². The van der Waals surface area contributed by atoms with Crippen LogP contribution < -0.4 is 4.74 Å². The standard InChI is InChI=1S/C16H20FNOS/c1-12(11-18(2)3)16(15-8-5-9-20-15)19-14-7-4-6-13(17)10-14/h4-10,12,16H,11H2,1-3H3. The van der Waals surface area contributed by atoms with Crippen LogP contribution in [0.25, 0.3) is 0 Å². The van der Waals surface area contributed by atoms with Crippen molar-refractivity contribution in [1.29, 1.82) is 0 Å². The van der Waals surface area contributed by atoms with Crippen LogP contribution in [0.1, 0.15) is 17.9 Å². The van der Waals surface area contributed by atoms with E-state index in [1.807, 2.05) is 25.5 Å². The fourth-order valence-corrected chi connectivity index (χ4v) is 3.15. The Morgan fingerprint density at radius 3 is 2.65 bits per heavy atom. The number of rotatable bonds is 6. The second-order valence-electron chi connectivity index (χ2n) is 5.25. The lowest BCUT2D eigenvalue weighted by Crippen LogP contribution is -2.27. The number of ether oxygens (including phenoxy) is 1. The Bertz CT molecular complexity index is 527. The van der Waals surface area contributed by atoms with Gasteiger partial charge in [-0.05, 0) is 37.7 Å². The Hall–Kier alpha value is -1.39. The molecule has 0 fully saturated rings. The van der Waals surface area contributed by atoms with Crippen LogP contribution in [0.15, 0.2) is 41.8 Å². The van der Waals surface area contributed by atoms with Gasteiger partial charge in [0.05, 0.1) is 0 Å². The number of halogens is 1. The van der Waals surface area contributed by atoms with E-state index in [-0.39, 0.29) is 11.9 Å². The summed E-state index contributed by atoms with van der Waals surface area (Å²) >= 11 is 1.67. The quantitative estimate of drug-likeness (QED) is 0.791. The number of hydrogen-bond acceptors (Lipinski definition) is 3. The van der Waals surface area contributed by atoms with Crippen molar-refractivity contribution < 1.29 is 9.13 Å². The van der Waals surface area contributed by atoms with Gasteiger partial charge in [-0.2, -0.15) is 0 Å². The normalized spacial score (nSPS) is 14.2. The van der Waals surface area contributed by atoms with Gasteiger partial charge in [0.25, 0.3) is 0 Å². The Morgan fingerprint density at radius 1 is 1.25 bits per heavy atom. The zero-order chi connectivity index (χ0) is 14.5. The van der Waals surface area contributed by atoms with E-state index in [0.717, 1.165) is 6.54 Å². The smallest absolute Gasteiger partial charge is 0.137 e. The third kappa shape index (κ3) is 4.05. The lowest BCUT2D eigenvalue weighted by molar-refractivity contribution is 0.126. The molecule has 1 aromatic carbocycles. The minimum absolute atomic E-state index is 0.0563. The molecule has 20 heavy (non-hydrogen) atoms. The van der Waals surface area contributed by atoms with Crippen LogP contribution >= 0.6 is 11.3 Å². The van der Waals surface area contributed by atoms with Crippen molar-refractivity contribution in [3.63, 3.8) is 0 Å². The molecule has 4 heteroatoms. The lowest BCUT2D eigenvalue weighted by atomic mass is 10.0. The van der Waals surface area contributed by atoms with Crippen LogP contribution in [0, 0.1) is 11.7 Å². The largest absolute Gasteiger partial charge is 0.484 e. The molecule has 0 spiro atoms. The molecule has 0 amide bonds. The van der Waals surface area contributed by atoms with Gasteiger partial charge in [0, 0.05) is 23.4 Å². The summed E-state index contributed by atoms with van der Waals surface area (Å²) in [5.74, 6) is 0.619. The SMILES string of the molecule is CC(CN(C)C)C(Oc1cccc(F)c1)c1cccs1. The van der Waals surface area contributed by atoms with Crippen LogP contribution in [-0.4, -0.2) is 25.5 Å². The van der Waals surface area contributed by atoms with E-state index in [1.54, 1.807) is 23.5 Å². The van der Waals surface area contributed by atoms with E-state index in [1.165, 1.54) is 17.0 Å².